The van der Waals surface area contributed by atoms with Crippen LogP contribution in [0.15, 0.2) is 48.5 Å². The first-order valence-corrected chi connectivity index (χ1v) is 7.82. The van der Waals surface area contributed by atoms with Crippen LogP contribution < -0.4 is 5.32 Å². The topological polar surface area (TPSA) is 29.1 Å². The van der Waals surface area contributed by atoms with E-state index in [2.05, 4.69) is 59.1 Å². The lowest BCUT2D eigenvalue weighted by molar-refractivity contribution is 0.0953. The van der Waals surface area contributed by atoms with Crippen molar-refractivity contribution in [1.82, 2.24) is 5.32 Å². The molecule has 0 aliphatic heterocycles. The Morgan fingerprint density at radius 2 is 1.90 bits per heavy atom. The summed E-state index contributed by atoms with van der Waals surface area (Å²) in [6.07, 6.45) is 1.95. The van der Waals surface area contributed by atoms with Gasteiger partial charge in [0.15, 0.2) is 0 Å². The van der Waals surface area contributed by atoms with Crippen molar-refractivity contribution < 1.29 is 4.79 Å². The van der Waals surface area contributed by atoms with Gasteiger partial charge >= 0.3 is 0 Å². The minimum Gasteiger partial charge on any atom is -0.352 e. The first kappa shape index (κ1) is 15.0. The Hall–Kier alpha value is -1.36. The Bertz CT molecular complexity index is 578. The summed E-state index contributed by atoms with van der Waals surface area (Å²) in [5, 5.41) is 2.96. The van der Waals surface area contributed by atoms with E-state index >= 15 is 0 Å². The Labute approximate surface area is 133 Å². The van der Waals surface area contributed by atoms with Gasteiger partial charge in [-0.25, -0.2) is 0 Å². The van der Waals surface area contributed by atoms with Crippen LogP contribution in [-0.4, -0.2) is 12.5 Å². The lowest BCUT2D eigenvalue weighted by Crippen LogP contribution is -2.24. The number of hydrogen-bond acceptors (Lipinski definition) is 1. The molecule has 2 nitrogen and oxygen atoms in total. The van der Waals surface area contributed by atoms with E-state index in [-0.39, 0.29) is 5.91 Å². The molecule has 0 fully saturated rings. The highest BCUT2D eigenvalue weighted by Gasteiger charge is 2.03. The van der Waals surface area contributed by atoms with Crippen LogP contribution >= 0.6 is 22.6 Å². The summed E-state index contributed by atoms with van der Waals surface area (Å²) < 4.78 is 1.14. The van der Waals surface area contributed by atoms with Crippen molar-refractivity contribution in [3.05, 3.63) is 68.8 Å². The molecule has 2 rings (SSSR count). The Morgan fingerprint density at radius 1 is 1.15 bits per heavy atom. The molecule has 104 valence electrons. The summed E-state index contributed by atoms with van der Waals surface area (Å²) >= 11 is 2.23. The van der Waals surface area contributed by atoms with Crippen molar-refractivity contribution in [1.29, 1.82) is 0 Å². The summed E-state index contributed by atoms with van der Waals surface area (Å²) in [5.74, 6) is 0.00522. The van der Waals surface area contributed by atoms with E-state index in [0.29, 0.717) is 6.54 Å². The van der Waals surface area contributed by atoms with Gasteiger partial charge in [-0.2, -0.15) is 0 Å². The van der Waals surface area contributed by atoms with Crippen molar-refractivity contribution in [3.8, 4) is 0 Å². The first-order valence-electron chi connectivity index (χ1n) is 6.74. The van der Waals surface area contributed by atoms with E-state index in [1.54, 1.807) is 0 Å². The number of hydrogen-bond donors (Lipinski definition) is 1. The van der Waals surface area contributed by atoms with Crippen LogP contribution in [0, 0.1) is 10.5 Å². The predicted octanol–water partition coefficient (Wildman–Crippen LogP) is 3.96. The van der Waals surface area contributed by atoms with Gasteiger partial charge in [0.25, 0.3) is 5.91 Å². The average molecular weight is 379 g/mol. The molecule has 1 amide bonds. The van der Waals surface area contributed by atoms with Gasteiger partial charge in [-0.1, -0.05) is 29.8 Å². The number of aryl methyl sites for hydroxylation is 2. The Balaban J connectivity index is 1.76. The normalized spacial score (nSPS) is 10.3. The summed E-state index contributed by atoms with van der Waals surface area (Å²) in [7, 11) is 0. The van der Waals surface area contributed by atoms with Crippen molar-refractivity contribution >= 4 is 28.5 Å². The minimum atomic E-state index is 0.00522. The molecule has 0 spiro atoms. The van der Waals surface area contributed by atoms with Crippen LogP contribution in [0.25, 0.3) is 0 Å². The fourth-order valence-corrected chi connectivity index (χ4v) is 2.42. The molecule has 0 atom stereocenters. The molecule has 20 heavy (non-hydrogen) atoms. The minimum absolute atomic E-state index is 0.00522. The maximum Gasteiger partial charge on any atom is 0.251 e. The van der Waals surface area contributed by atoms with Gasteiger partial charge in [-0.15, -0.1) is 0 Å². The quantitative estimate of drug-likeness (QED) is 0.619. The molecule has 0 radical (unpaired) electrons. The molecule has 0 saturated carbocycles. The second-order valence-corrected chi connectivity index (χ2v) is 6.10. The smallest absolute Gasteiger partial charge is 0.251 e. The highest BCUT2D eigenvalue weighted by atomic mass is 127. The fourth-order valence-electron chi connectivity index (χ4n) is 2.07. The van der Waals surface area contributed by atoms with Gasteiger partial charge in [0, 0.05) is 15.7 Å². The van der Waals surface area contributed by atoms with Crippen molar-refractivity contribution in [2.24, 2.45) is 0 Å². The molecule has 0 bridgehead atoms. The molecule has 1 N–H and O–H groups in total. The van der Waals surface area contributed by atoms with E-state index in [9.17, 15) is 4.79 Å². The SMILES string of the molecule is Cc1cccc(CCCNC(=O)c2ccc(I)cc2)c1. The number of rotatable bonds is 5. The molecular weight excluding hydrogens is 361 g/mol. The summed E-state index contributed by atoms with van der Waals surface area (Å²) in [4.78, 5) is 11.9. The summed E-state index contributed by atoms with van der Waals surface area (Å²) in [6.45, 7) is 2.81. The third-order valence-electron chi connectivity index (χ3n) is 3.12. The number of halogens is 1. The third-order valence-corrected chi connectivity index (χ3v) is 3.84. The van der Waals surface area contributed by atoms with E-state index in [0.717, 1.165) is 22.0 Å². The maximum absolute atomic E-state index is 11.9. The van der Waals surface area contributed by atoms with Gasteiger partial charge in [0.05, 0.1) is 0 Å². The largest absolute Gasteiger partial charge is 0.352 e. The van der Waals surface area contributed by atoms with Crippen LogP contribution in [0.5, 0.6) is 0 Å². The van der Waals surface area contributed by atoms with E-state index < -0.39 is 0 Å². The number of carbonyl (C=O) groups is 1. The maximum atomic E-state index is 11.9. The van der Waals surface area contributed by atoms with Gasteiger partial charge in [-0.3, -0.25) is 4.79 Å². The Morgan fingerprint density at radius 3 is 2.60 bits per heavy atom. The number of amides is 1. The first-order chi connectivity index (χ1) is 9.65. The van der Waals surface area contributed by atoms with E-state index in [4.69, 9.17) is 0 Å². The molecule has 0 heterocycles. The third kappa shape index (κ3) is 4.63. The molecule has 3 heteroatoms. The average Bonchev–Trinajstić information content (AvgIpc) is 2.44. The molecule has 0 saturated heterocycles. The molecule has 0 unspecified atom stereocenters. The second-order valence-electron chi connectivity index (χ2n) is 4.86. The van der Waals surface area contributed by atoms with Crippen molar-refractivity contribution in [3.63, 3.8) is 0 Å². The Kier molecular flexibility index (Phi) is 5.59. The lowest BCUT2D eigenvalue weighted by Gasteiger charge is -2.06. The van der Waals surface area contributed by atoms with E-state index in [1.807, 2.05) is 24.3 Å². The predicted molar refractivity (Wildman–Crippen MR) is 91.0 cm³/mol. The molecular formula is C17H18INO. The summed E-state index contributed by atoms with van der Waals surface area (Å²) in [5.41, 5.74) is 3.33. The van der Waals surface area contributed by atoms with Gasteiger partial charge < -0.3 is 5.32 Å². The van der Waals surface area contributed by atoms with Crippen molar-refractivity contribution in [2.75, 3.05) is 6.54 Å². The van der Waals surface area contributed by atoms with E-state index in [1.165, 1.54) is 11.1 Å². The standard InChI is InChI=1S/C17H18INO/c1-13-4-2-5-14(12-13)6-3-11-19-17(20)15-7-9-16(18)10-8-15/h2,4-5,7-10,12H,3,6,11H2,1H3,(H,19,20). The zero-order valence-corrected chi connectivity index (χ0v) is 13.7. The summed E-state index contributed by atoms with van der Waals surface area (Å²) in [6, 6.07) is 16.1. The monoisotopic (exact) mass is 379 g/mol. The fraction of sp³-hybridized carbons (Fsp3) is 0.235. The lowest BCUT2D eigenvalue weighted by atomic mass is 10.1. The molecule has 0 aliphatic rings. The van der Waals surface area contributed by atoms with Gasteiger partial charge in [0.1, 0.15) is 0 Å². The zero-order valence-electron chi connectivity index (χ0n) is 11.5. The van der Waals surface area contributed by atoms with Gasteiger partial charge in [0.2, 0.25) is 0 Å². The second kappa shape index (κ2) is 7.43. The molecule has 0 aromatic heterocycles. The molecule has 0 aliphatic carbocycles. The van der Waals surface area contributed by atoms with Crippen LogP contribution in [-0.2, 0) is 6.42 Å². The number of nitrogens with one attached hydrogen (secondary N) is 1. The zero-order chi connectivity index (χ0) is 14.4. The number of carbonyl (C=O) groups excluding carboxylic acids is 1. The number of benzene rings is 2. The van der Waals surface area contributed by atoms with Gasteiger partial charge in [-0.05, 0) is 72.2 Å². The van der Waals surface area contributed by atoms with Crippen molar-refractivity contribution in [2.45, 2.75) is 19.8 Å². The molecule has 2 aromatic rings. The highest BCUT2D eigenvalue weighted by Crippen LogP contribution is 2.08. The highest BCUT2D eigenvalue weighted by molar-refractivity contribution is 14.1. The van der Waals surface area contributed by atoms with Crippen LogP contribution in [0.3, 0.4) is 0 Å². The van der Waals surface area contributed by atoms with Crippen LogP contribution in [0.2, 0.25) is 0 Å². The van der Waals surface area contributed by atoms with Crippen LogP contribution in [0.1, 0.15) is 27.9 Å². The van der Waals surface area contributed by atoms with Crippen LogP contribution in [0.4, 0.5) is 0 Å². The molecule has 2 aromatic carbocycles.